The zero-order chi connectivity index (χ0) is 19.6. The first-order valence-corrected chi connectivity index (χ1v) is 8.61. The third-order valence-corrected chi connectivity index (χ3v) is 3.21. The third-order valence-electron chi connectivity index (χ3n) is 3.10. The first kappa shape index (κ1) is 21.9. The van der Waals surface area contributed by atoms with Gasteiger partial charge in [-0.05, 0) is 26.3 Å². The minimum absolute atomic E-state index is 0.113. The molecular weight excluding hydrogens is 360 g/mol. The van der Waals surface area contributed by atoms with E-state index < -0.39 is 17.1 Å². The third kappa shape index (κ3) is 10.7. The van der Waals surface area contributed by atoms with E-state index >= 15 is 0 Å². The molecule has 1 atom stereocenters. The number of Topliss-reactive ketones (excluding diaryl/α,β-unsaturated/α-hetero) is 1. The van der Waals surface area contributed by atoms with Gasteiger partial charge >= 0.3 is 11.5 Å². The number of rotatable bonds is 3. The zero-order valence-electron chi connectivity index (χ0n) is 15.2. The summed E-state index contributed by atoms with van der Waals surface area (Å²) in [6.45, 7) is 6.66. The highest BCUT2D eigenvalue weighted by atomic mass is 35.5. The molecule has 0 aromatic heterocycles. The lowest BCUT2D eigenvalue weighted by molar-refractivity contribution is -0.119. The quantitative estimate of drug-likeness (QED) is 0.778. The number of nitrogens with one attached hydrogen (secondary N) is 2. The zero-order valence-corrected chi connectivity index (χ0v) is 16.0. The molecule has 144 valence electrons. The molecule has 1 amide bonds. The summed E-state index contributed by atoms with van der Waals surface area (Å²) >= 11 is 4.97. The number of piperidine rings is 1. The van der Waals surface area contributed by atoms with Crippen molar-refractivity contribution in [3.63, 3.8) is 0 Å². The largest absolute Gasteiger partial charge is 0.449 e. The Morgan fingerprint density at radius 1 is 1.27 bits per heavy atom. The monoisotopic (exact) mass is 384 g/mol. The molecule has 1 fully saturated rings. The van der Waals surface area contributed by atoms with Gasteiger partial charge in [0.15, 0.2) is 0 Å². The number of ketones is 1. The Kier molecular flexibility index (Phi) is 9.09. The molecule has 7 nitrogen and oxygen atoms in total. The average Bonchev–Trinajstić information content (AvgIpc) is 2.52. The lowest BCUT2D eigenvalue weighted by Crippen LogP contribution is -2.50. The molecule has 2 rings (SSSR count). The summed E-state index contributed by atoms with van der Waals surface area (Å²) in [6.07, 6.45) is -0.0873. The number of ether oxygens (including phenoxy) is 2. The molecule has 2 N–H and O–H groups in total. The standard InChI is InChI=1S/C10H18N2O3.C8H7ClO2/c1-10(2,3)15-9(14)12-7-4-8(13)6-11-5-7;9-8(10)11-6-7-4-2-1-3-5-7/h7,11H,4-6H2,1-3H3,(H,12,14);1-5H,6H2/t7-;/m0./s1. The van der Waals surface area contributed by atoms with Crippen molar-refractivity contribution in [2.45, 2.75) is 45.4 Å². The molecule has 1 aliphatic heterocycles. The summed E-state index contributed by atoms with van der Waals surface area (Å²) in [6, 6.07) is 9.21. The van der Waals surface area contributed by atoms with Crippen LogP contribution in [0.4, 0.5) is 9.59 Å². The number of carbonyl (C=O) groups excluding carboxylic acids is 3. The van der Waals surface area contributed by atoms with Crippen molar-refractivity contribution >= 4 is 28.9 Å². The Hall–Kier alpha value is -2.12. The van der Waals surface area contributed by atoms with Crippen LogP contribution in [0.5, 0.6) is 0 Å². The number of carbonyl (C=O) groups is 3. The Bertz CT molecular complexity index is 601. The van der Waals surface area contributed by atoms with Crippen molar-refractivity contribution in [2.24, 2.45) is 0 Å². The van der Waals surface area contributed by atoms with Crippen LogP contribution in [-0.2, 0) is 20.9 Å². The topological polar surface area (TPSA) is 93.7 Å². The molecule has 0 saturated carbocycles. The minimum Gasteiger partial charge on any atom is -0.449 e. The van der Waals surface area contributed by atoms with Crippen LogP contribution in [0.25, 0.3) is 0 Å². The number of benzene rings is 1. The highest BCUT2D eigenvalue weighted by Gasteiger charge is 2.23. The van der Waals surface area contributed by atoms with Gasteiger partial charge in [0.05, 0.1) is 12.6 Å². The minimum atomic E-state index is -0.770. The van der Waals surface area contributed by atoms with Gasteiger partial charge in [-0.3, -0.25) is 4.79 Å². The van der Waals surface area contributed by atoms with Crippen LogP contribution in [0.2, 0.25) is 0 Å². The number of amides is 1. The van der Waals surface area contributed by atoms with Crippen molar-refractivity contribution in [3.8, 4) is 0 Å². The van der Waals surface area contributed by atoms with Crippen LogP contribution in [0, 0.1) is 0 Å². The van der Waals surface area contributed by atoms with E-state index in [1.165, 1.54) is 0 Å². The lowest BCUT2D eigenvalue weighted by Gasteiger charge is -2.25. The smallest absolute Gasteiger partial charge is 0.407 e. The van der Waals surface area contributed by atoms with Crippen LogP contribution < -0.4 is 10.6 Å². The SMILES string of the molecule is CC(C)(C)OC(=O)N[C@@H]1CNCC(=O)C1.O=C(Cl)OCc1ccccc1. The molecule has 0 radical (unpaired) electrons. The van der Waals surface area contributed by atoms with E-state index in [0.29, 0.717) is 19.5 Å². The van der Waals surface area contributed by atoms with Gasteiger partial charge in [0.25, 0.3) is 0 Å². The van der Waals surface area contributed by atoms with E-state index in [4.69, 9.17) is 16.3 Å². The summed E-state index contributed by atoms with van der Waals surface area (Å²) in [5, 5.41) is 5.59. The molecule has 0 unspecified atom stereocenters. The van der Waals surface area contributed by atoms with Crippen molar-refractivity contribution in [2.75, 3.05) is 13.1 Å². The molecular formula is C18H25ClN2O5. The molecule has 1 heterocycles. The molecule has 8 heteroatoms. The van der Waals surface area contributed by atoms with Gasteiger partial charge in [-0.1, -0.05) is 30.3 Å². The van der Waals surface area contributed by atoms with E-state index in [0.717, 1.165) is 5.56 Å². The van der Waals surface area contributed by atoms with Crippen LogP contribution in [-0.4, -0.2) is 42.0 Å². The van der Waals surface area contributed by atoms with Crippen LogP contribution in [0.1, 0.15) is 32.8 Å². The number of alkyl carbamates (subject to hydrolysis) is 1. The molecule has 0 spiro atoms. The van der Waals surface area contributed by atoms with Gasteiger partial charge in [0.2, 0.25) is 0 Å². The predicted molar refractivity (Wildman–Crippen MR) is 98.1 cm³/mol. The first-order chi connectivity index (χ1) is 12.2. The number of halogens is 1. The van der Waals surface area contributed by atoms with Gasteiger partial charge in [-0.2, -0.15) is 0 Å². The second-order valence-electron chi connectivity index (χ2n) is 6.73. The highest BCUT2D eigenvalue weighted by Crippen LogP contribution is 2.07. The van der Waals surface area contributed by atoms with E-state index in [9.17, 15) is 14.4 Å². The molecule has 1 aromatic rings. The molecule has 0 bridgehead atoms. The summed E-state index contributed by atoms with van der Waals surface area (Å²) in [5.74, 6) is 0.113. The number of hydrogen-bond acceptors (Lipinski definition) is 6. The van der Waals surface area contributed by atoms with Gasteiger partial charge in [0.1, 0.15) is 18.0 Å². The molecule has 1 saturated heterocycles. The fourth-order valence-corrected chi connectivity index (χ4v) is 2.15. The first-order valence-electron chi connectivity index (χ1n) is 8.24. The van der Waals surface area contributed by atoms with Gasteiger partial charge in [-0.15, -0.1) is 0 Å². The van der Waals surface area contributed by atoms with Gasteiger partial charge in [-0.25, -0.2) is 9.59 Å². The van der Waals surface area contributed by atoms with Crippen molar-refractivity contribution in [1.82, 2.24) is 10.6 Å². The van der Waals surface area contributed by atoms with Crippen LogP contribution in [0.15, 0.2) is 30.3 Å². The Morgan fingerprint density at radius 3 is 2.46 bits per heavy atom. The fraction of sp³-hybridized carbons (Fsp3) is 0.500. The summed E-state index contributed by atoms with van der Waals surface area (Å²) in [7, 11) is 0. The molecule has 0 aliphatic carbocycles. The maximum Gasteiger partial charge on any atom is 0.407 e. The molecule has 1 aromatic carbocycles. The maximum absolute atomic E-state index is 11.4. The number of hydrogen-bond donors (Lipinski definition) is 2. The maximum atomic E-state index is 11.4. The summed E-state index contributed by atoms with van der Waals surface area (Å²) < 4.78 is 9.64. The van der Waals surface area contributed by atoms with E-state index in [1.807, 2.05) is 30.3 Å². The lowest BCUT2D eigenvalue weighted by atomic mass is 10.1. The normalized spacial score (nSPS) is 16.8. The fourth-order valence-electron chi connectivity index (χ4n) is 2.10. The van der Waals surface area contributed by atoms with Gasteiger partial charge < -0.3 is 20.1 Å². The molecule has 1 aliphatic rings. The van der Waals surface area contributed by atoms with Gasteiger partial charge in [0, 0.05) is 24.6 Å². The average molecular weight is 385 g/mol. The van der Waals surface area contributed by atoms with E-state index in [2.05, 4.69) is 15.4 Å². The van der Waals surface area contributed by atoms with Crippen molar-refractivity contribution in [3.05, 3.63) is 35.9 Å². The van der Waals surface area contributed by atoms with Crippen LogP contribution in [0.3, 0.4) is 0 Å². The van der Waals surface area contributed by atoms with E-state index in [-0.39, 0.29) is 18.4 Å². The van der Waals surface area contributed by atoms with Crippen molar-refractivity contribution < 1.29 is 23.9 Å². The Labute approximate surface area is 158 Å². The van der Waals surface area contributed by atoms with Crippen molar-refractivity contribution in [1.29, 1.82) is 0 Å². The second kappa shape index (κ2) is 10.8. The van der Waals surface area contributed by atoms with Crippen LogP contribution >= 0.6 is 11.6 Å². The summed E-state index contributed by atoms with van der Waals surface area (Å²) in [5.41, 5.74) is -0.341. The summed E-state index contributed by atoms with van der Waals surface area (Å²) in [4.78, 5) is 32.6. The van der Waals surface area contributed by atoms with E-state index in [1.54, 1.807) is 20.8 Å². The Balaban J connectivity index is 0.000000273. The second-order valence-corrected chi connectivity index (χ2v) is 7.04. The predicted octanol–water partition coefficient (Wildman–Crippen LogP) is 3.00. The Morgan fingerprint density at radius 2 is 1.92 bits per heavy atom. The molecule has 26 heavy (non-hydrogen) atoms. The highest BCUT2D eigenvalue weighted by molar-refractivity contribution is 6.61.